The highest BCUT2D eigenvalue weighted by Crippen LogP contribution is 1.96. The highest BCUT2D eigenvalue weighted by molar-refractivity contribution is 5.14. The van der Waals surface area contributed by atoms with Gasteiger partial charge in [0.15, 0.2) is 0 Å². The molecule has 3 nitrogen and oxygen atoms in total. The molecule has 0 spiro atoms. The van der Waals surface area contributed by atoms with E-state index < -0.39 is 0 Å². The Hall–Kier alpha value is -0.900. The summed E-state index contributed by atoms with van der Waals surface area (Å²) in [5, 5.41) is 11.9. The third kappa shape index (κ3) is 6.56. The predicted octanol–water partition coefficient (Wildman–Crippen LogP) is 1.57. The summed E-state index contributed by atoms with van der Waals surface area (Å²) in [5.74, 6) is 0. The van der Waals surface area contributed by atoms with Crippen molar-refractivity contribution in [3.63, 3.8) is 0 Å². The molecular weight excluding hydrogens is 202 g/mol. The van der Waals surface area contributed by atoms with Crippen LogP contribution in [0.1, 0.15) is 18.4 Å². The van der Waals surface area contributed by atoms with Crippen molar-refractivity contribution in [3.8, 4) is 0 Å². The normalized spacial score (nSPS) is 10.6. The molecule has 1 aromatic carbocycles. The van der Waals surface area contributed by atoms with Gasteiger partial charge in [0, 0.05) is 26.4 Å². The van der Waals surface area contributed by atoms with Crippen LogP contribution in [-0.2, 0) is 11.3 Å². The summed E-state index contributed by atoms with van der Waals surface area (Å²) in [5.41, 5.74) is 1.31. The Morgan fingerprint density at radius 2 is 1.81 bits per heavy atom. The third-order valence-corrected chi connectivity index (χ3v) is 2.26. The van der Waals surface area contributed by atoms with E-state index in [0.717, 1.165) is 32.5 Å². The van der Waals surface area contributed by atoms with Crippen LogP contribution in [0, 0.1) is 0 Å². The number of hydrogen-bond acceptors (Lipinski definition) is 3. The molecule has 0 heterocycles. The van der Waals surface area contributed by atoms with Crippen molar-refractivity contribution in [2.45, 2.75) is 19.4 Å². The maximum atomic E-state index is 8.54. The SMILES string of the molecule is OCCCOCCCNCc1ccccc1. The molecule has 0 unspecified atom stereocenters. The first-order chi connectivity index (χ1) is 7.93. The molecular formula is C13H21NO2. The van der Waals surface area contributed by atoms with Crippen LogP contribution in [0.5, 0.6) is 0 Å². The summed E-state index contributed by atoms with van der Waals surface area (Å²) in [6, 6.07) is 10.4. The molecule has 0 amide bonds. The smallest absolute Gasteiger partial charge is 0.0487 e. The summed E-state index contributed by atoms with van der Waals surface area (Å²) >= 11 is 0. The topological polar surface area (TPSA) is 41.5 Å². The standard InChI is InChI=1S/C13H21NO2/c15-9-5-11-16-10-4-8-14-12-13-6-2-1-3-7-13/h1-3,6-7,14-15H,4-5,8-12H2. The van der Waals surface area contributed by atoms with Crippen LogP contribution in [0.25, 0.3) is 0 Å². The zero-order valence-corrected chi connectivity index (χ0v) is 9.69. The molecule has 0 aromatic heterocycles. The lowest BCUT2D eigenvalue weighted by Crippen LogP contribution is -2.16. The average molecular weight is 223 g/mol. The molecule has 16 heavy (non-hydrogen) atoms. The van der Waals surface area contributed by atoms with Crippen LogP contribution in [0.4, 0.5) is 0 Å². The molecule has 0 saturated heterocycles. The molecule has 0 fully saturated rings. The Balaban J connectivity index is 1.89. The average Bonchev–Trinajstić information content (AvgIpc) is 2.34. The molecule has 0 aliphatic rings. The van der Waals surface area contributed by atoms with Gasteiger partial charge in [-0.05, 0) is 24.9 Å². The van der Waals surface area contributed by atoms with Crippen LogP contribution in [0.2, 0.25) is 0 Å². The molecule has 1 rings (SSSR count). The number of hydrogen-bond donors (Lipinski definition) is 2. The van der Waals surface area contributed by atoms with Gasteiger partial charge >= 0.3 is 0 Å². The van der Waals surface area contributed by atoms with E-state index in [2.05, 4.69) is 29.6 Å². The zero-order chi connectivity index (χ0) is 11.5. The Labute approximate surface area is 97.4 Å². The van der Waals surface area contributed by atoms with E-state index >= 15 is 0 Å². The summed E-state index contributed by atoms with van der Waals surface area (Å²) in [4.78, 5) is 0. The molecule has 0 aliphatic carbocycles. The highest BCUT2D eigenvalue weighted by atomic mass is 16.5. The molecule has 0 radical (unpaired) electrons. The molecule has 1 aromatic rings. The lowest BCUT2D eigenvalue weighted by molar-refractivity contribution is 0.114. The lowest BCUT2D eigenvalue weighted by atomic mass is 10.2. The van der Waals surface area contributed by atoms with Crippen LogP contribution >= 0.6 is 0 Å². The zero-order valence-electron chi connectivity index (χ0n) is 9.69. The third-order valence-electron chi connectivity index (χ3n) is 2.26. The van der Waals surface area contributed by atoms with Gasteiger partial charge in [0.2, 0.25) is 0 Å². The van der Waals surface area contributed by atoms with Crippen molar-refractivity contribution >= 4 is 0 Å². The Kier molecular flexibility index (Phi) is 7.68. The van der Waals surface area contributed by atoms with Crippen molar-refractivity contribution < 1.29 is 9.84 Å². The first-order valence-electron chi connectivity index (χ1n) is 5.86. The summed E-state index contributed by atoms with van der Waals surface area (Å²) in [6.07, 6.45) is 1.75. The van der Waals surface area contributed by atoms with Gasteiger partial charge in [-0.3, -0.25) is 0 Å². The van der Waals surface area contributed by atoms with Gasteiger partial charge in [-0.2, -0.15) is 0 Å². The quantitative estimate of drug-likeness (QED) is 0.624. The van der Waals surface area contributed by atoms with E-state index in [9.17, 15) is 0 Å². The summed E-state index contributed by atoms with van der Waals surface area (Å²) < 4.78 is 5.33. The second kappa shape index (κ2) is 9.33. The molecule has 3 heteroatoms. The van der Waals surface area contributed by atoms with Crippen LogP contribution in [0.15, 0.2) is 30.3 Å². The highest BCUT2D eigenvalue weighted by Gasteiger charge is 1.91. The van der Waals surface area contributed by atoms with E-state index in [1.165, 1.54) is 5.56 Å². The van der Waals surface area contributed by atoms with Gasteiger partial charge in [0.1, 0.15) is 0 Å². The van der Waals surface area contributed by atoms with Crippen LogP contribution < -0.4 is 5.32 Å². The number of benzene rings is 1. The summed E-state index contributed by atoms with van der Waals surface area (Å²) in [6.45, 7) is 3.52. The van der Waals surface area contributed by atoms with Gasteiger partial charge in [0.25, 0.3) is 0 Å². The minimum atomic E-state index is 0.215. The predicted molar refractivity (Wildman–Crippen MR) is 65.3 cm³/mol. The Morgan fingerprint density at radius 3 is 2.56 bits per heavy atom. The maximum Gasteiger partial charge on any atom is 0.0487 e. The van der Waals surface area contributed by atoms with E-state index in [1.54, 1.807) is 0 Å². The molecule has 0 saturated carbocycles. The molecule has 0 aliphatic heterocycles. The van der Waals surface area contributed by atoms with Crippen LogP contribution in [-0.4, -0.2) is 31.5 Å². The van der Waals surface area contributed by atoms with Crippen molar-refractivity contribution in [3.05, 3.63) is 35.9 Å². The van der Waals surface area contributed by atoms with Gasteiger partial charge in [-0.25, -0.2) is 0 Å². The number of ether oxygens (including phenoxy) is 1. The molecule has 2 N–H and O–H groups in total. The van der Waals surface area contributed by atoms with Crippen molar-refractivity contribution in [2.24, 2.45) is 0 Å². The number of rotatable bonds is 9. The number of aliphatic hydroxyl groups excluding tert-OH is 1. The molecule has 0 bridgehead atoms. The van der Waals surface area contributed by atoms with E-state index in [0.29, 0.717) is 6.61 Å². The fourth-order valence-electron chi connectivity index (χ4n) is 1.40. The minimum Gasteiger partial charge on any atom is -0.396 e. The lowest BCUT2D eigenvalue weighted by Gasteiger charge is -2.05. The van der Waals surface area contributed by atoms with Gasteiger partial charge in [-0.1, -0.05) is 30.3 Å². The maximum absolute atomic E-state index is 8.54. The van der Waals surface area contributed by atoms with E-state index in [4.69, 9.17) is 9.84 Å². The van der Waals surface area contributed by atoms with Crippen LogP contribution in [0.3, 0.4) is 0 Å². The van der Waals surface area contributed by atoms with Crippen molar-refractivity contribution in [1.82, 2.24) is 5.32 Å². The van der Waals surface area contributed by atoms with E-state index in [-0.39, 0.29) is 6.61 Å². The molecule has 0 atom stereocenters. The number of aliphatic hydroxyl groups is 1. The monoisotopic (exact) mass is 223 g/mol. The van der Waals surface area contributed by atoms with Crippen molar-refractivity contribution in [2.75, 3.05) is 26.4 Å². The number of nitrogens with one attached hydrogen (secondary N) is 1. The second-order valence-corrected chi connectivity index (χ2v) is 3.71. The Bertz CT molecular complexity index is 251. The fraction of sp³-hybridized carbons (Fsp3) is 0.538. The first kappa shape index (κ1) is 13.2. The van der Waals surface area contributed by atoms with Crippen molar-refractivity contribution in [1.29, 1.82) is 0 Å². The Morgan fingerprint density at radius 1 is 1.06 bits per heavy atom. The minimum absolute atomic E-state index is 0.215. The first-order valence-corrected chi connectivity index (χ1v) is 5.86. The largest absolute Gasteiger partial charge is 0.396 e. The van der Waals surface area contributed by atoms with E-state index in [1.807, 2.05) is 6.07 Å². The van der Waals surface area contributed by atoms with Gasteiger partial charge in [0.05, 0.1) is 0 Å². The summed E-state index contributed by atoms with van der Waals surface area (Å²) in [7, 11) is 0. The molecule has 90 valence electrons. The second-order valence-electron chi connectivity index (χ2n) is 3.71. The van der Waals surface area contributed by atoms with Gasteiger partial charge in [-0.15, -0.1) is 0 Å². The fourth-order valence-corrected chi connectivity index (χ4v) is 1.40. The van der Waals surface area contributed by atoms with Gasteiger partial charge < -0.3 is 15.2 Å².